The third kappa shape index (κ3) is 49.6. The van der Waals surface area contributed by atoms with Crippen molar-refractivity contribution >= 4 is 25.7 Å². The second-order valence-corrected chi connectivity index (χ2v) is 19.4. The van der Waals surface area contributed by atoms with Gasteiger partial charge in [0.05, 0.1) is 19.8 Å². The Morgan fingerprint density at radius 2 is 0.743 bits per heavy atom. The van der Waals surface area contributed by atoms with Crippen molar-refractivity contribution in [3.8, 4) is 0 Å². The summed E-state index contributed by atoms with van der Waals surface area (Å²) < 4.78 is 39.4. The maximum Gasteiger partial charge on any atom is 0.472 e. The predicted octanol–water partition coefficient (Wildman–Crippen LogP) is 15.9. The number of esters is 3. The minimum Gasteiger partial charge on any atom is -0.462 e. The van der Waals surface area contributed by atoms with Crippen molar-refractivity contribution in [3.63, 3.8) is 0 Å². The van der Waals surface area contributed by atoms with Crippen molar-refractivity contribution in [1.29, 1.82) is 0 Å². The van der Waals surface area contributed by atoms with Crippen LogP contribution in [0.3, 0.4) is 0 Å². The number of carbonyl (C=O) groups is 3. The fourth-order valence-electron chi connectivity index (χ4n) is 7.18. The van der Waals surface area contributed by atoms with Gasteiger partial charge in [-0.3, -0.25) is 23.4 Å². The number of phosphoric ester groups is 1. The van der Waals surface area contributed by atoms with E-state index in [1.165, 1.54) is 44.9 Å². The number of allylic oxidation sites excluding steroid dienone is 14. The minimum atomic E-state index is -4.75. The SMILES string of the molecule is CC/C=C\C/C=C\C/C=C\C/C=C\CCCCCCC(=O)OC(COC(=O)CCCCCCCCC/C=C\C/C=C\C/C=C\CC)COP(=O)(O)OCC(CO)OC(=O)CCCCCCCCCCC. The molecule has 70 heavy (non-hydrogen) atoms. The van der Waals surface area contributed by atoms with E-state index in [0.29, 0.717) is 19.3 Å². The van der Waals surface area contributed by atoms with Gasteiger partial charge in [-0.05, 0) is 89.9 Å². The average Bonchev–Trinajstić information content (AvgIpc) is 3.35. The molecule has 0 heterocycles. The van der Waals surface area contributed by atoms with E-state index in [-0.39, 0.29) is 25.9 Å². The van der Waals surface area contributed by atoms with Crippen LogP contribution in [0.4, 0.5) is 0 Å². The molecule has 0 aromatic carbocycles. The zero-order valence-corrected chi connectivity index (χ0v) is 45.1. The van der Waals surface area contributed by atoms with Gasteiger partial charge in [-0.1, -0.05) is 202 Å². The fraction of sp³-hybridized carbons (Fsp3) is 0.707. The van der Waals surface area contributed by atoms with Crippen molar-refractivity contribution in [2.24, 2.45) is 0 Å². The van der Waals surface area contributed by atoms with Gasteiger partial charge in [0.15, 0.2) is 6.10 Å². The first-order valence-corrected chi connectivity index (χ1v) is 29.0. The van der Waals surface area contributed by atoms with Crippen molar-refractivity contribution < 1.29 is 52.2 Å². The van der Waals surface area contributed by atoms with Gasteiger partial charge in [-0.25, -0.2) is 4.57 Å². The molecule has 0 aromatic rings. The fourth-order valence-corrected chi connectivity index (χ4v) is 7.97. The number of ether oxygens (including phenoxy) is 3. The Morgan fingerprint density at radius 3 is 1.14 bits per heavy atom. The molecule has 402 valence electrons. The zero-order valence-electron chi connectivity index (χ0n) is 44.2. The van der Waals surface area contributed by atoms with Gasteiger partial charge < -0.3 is 24.2 Å². The molecule has 0 aliphatic carbocycles. The lowest BCUT2D eigenvalue weighted by molar-refractivity contribution is -0.161. The monoisotopic (exact) mass is 1000 g/mol. The van der Waals surface area contributed by atoms with Crippen molar-refractivity contribution in [1.82, 2.24) is 0 Å². The topological polar surface area (TPSA) is 155 Å². The van der Waals surface area contributed by atoms with Crippen LogP contribution in [0, 0.1) is 0 Å². The van der Waals surface area contributed by atoms with Crippen molar-refractivity contribution in [2.45, 2.75) is 238 Å². The standard InChI is InChI=1S/C58H99O11P/c1-4-7-10-13-16-19-21-23-25-27-29-31-33-36-38-41-44-47-56(60)65-51-55(69-58(62)49-46-43-40-37-34-32-30-28-26-24-22-20-17-14-11-8-5-2)53-67-70(63,64)66-52-54(50-59)68-57(61)48-45-42-39-35-18-15-12-9-6-3/h7-8,10-11,16-17,19-20,23-26,30,32,54-55,59H,4-6,9,12-15,18,21-22,27-29,31,33-53H2,1-3H3,(H,63,64)/b10-7-,11-8-,19-16-,20-17-,25-23-,26-24-,32-30-. The molecule has 0 amide bonds. The minimum absolute atomic E-state index is 0.135. The number of aliphatic hydroxyl groups is 1. The molecule has 12 heteroatoms. The summed E-state index contributed by atoms with van der Waals surface area (Å²) in [6.45, 7) is 4.35. The van der Waals surface area contributed by atoms with Crippen LogP contribution in [-0.4, -0.2) is 66.5 Å². The molecular weight excluding hydrogens is 904 g/mol. The van der Waals surface area contributed by atoms with Crippen LogP contribution in [0.5, 0.6) is 0 Å². The van der Waals surface area contributed by atoms with Crippen LogP contribution < -0.4 is 0 Å². The molecule has 0 spiro atoms. The van der Waals surface area contributed by atoms with Crippen LogP contribution in [-0.2, 0) is 42.2 Å². The van der Waals surface area contributed by atoms with E-state index in [1.807, 2.05) is 0 Å². The Morgan fingerprint density at radius 1 is 0.414 bits per heavy atom. The molecule has 0 saturated heterocycles. The summed E-state index contributed by atoms with van der Waals surface area (Å²) >= 11 is 0. The number of phosphoric acid groups is 1. The molecule has 3 unspecified atom stereocenters. The smallest absolute Gasteiger partial charge is 0.462 e. The summed E-state index contributed by atoms with van der Waals surface area (Å²) in [5.74, 6) is -1.51. The van der Waals surface area contributed by atoms with Crippen LogP contribution >= 0.6 is 7.82 Å². The highest BCUT2D eigenvalue weighted by Gasteiger charge is 2.28. The molecule has 0 saturated carbocycles. The third-order valence-corrected chi connectivity index (χ3v) is 12.3. The molecule has 0 bridgehead atoms. The molecule has 3 atom stereocenters. The number of unbranched alkanes of at least 4 members (excludes halogenated alkanes) is 19. The van der Waals surface area contributed by atoms with Crippen molar-refractivity contribution in [2.75, 3.05) is 26.4 Å². The Labute approximate surface area is 426 Å². The Kier molecular flexibility index (Phi) is 49.5. The molecule has 11 nitrogen and oxygen atoms in total. The molecular formula is C58H99O11P. The Bertz CT molecular complexity index is 1500. The van der Waals surface area contributed by atoms with E-state index < -0.39 is 57.8 Å². The third-order valence-electron chi connectivity index (χ3n) is 11.3. The molecule has 0 aromatic heterocycles. The lowest BCUT2D eigenvalue weighted by Crippen LogP contribution is -2.30. The highest BCUT2D eigenvalue weighted by molar-refractivity contribution is 7.47. The van der Waals surface area contributed by atoms with Crippen LogP contribution in [0.1, 0.15) is 226 Å². The summed E-state index contributed by atoms with van der Waals surface area (Å²) in [6.07, 6.45) is 58.4. The molecule has 0 rings (SSSR count). The maximum atomic E-state index is 12.9. The molecule has 0 radical (unpaired) electrons. The summed E-state index contributed by atoms with van der Waals surface area (Å²) in [5, 5.41) is 9.76. The molecule has 0 aliphatic rings. The van der Waals surface area contributed by atoms with Gasteiger partial charge in [0, 0.05) is 19.3 Å². The van der Waals surface area contributed by atoms with E-state index in [1.54, 1.807) is 0 Å². The van der Waals surface area contributed by atoms with E-state index in [9.17, 15) is 28.9 Å². The van der Waals surface area contributed by atoms with Crippen LogP contribution in [0.25, 0.3) is 0 Å². The molecule has 2 N–H and O–H groups in total. The largest absolute Gasteiger partial charge is 0.472 e. The molecule has 0 aliphatic heterocycles. The van der Waals surface area contributed by atoms with Gasteiger partial charge >= 0.3 is 25.7 Å². The number of hydrogen-bond acceptors (Lipinski definition) is 10. The normalized spacial score (nSPS) is 14.1. The van der Waals surface area contributed by atoms with Gasteiger partial charge in [0.25, 0.3) is 0 Å². The second-order valence-electron chi connectivity index (χ2n) is 18.0. The summed E-state index contributed by atoms with van der Waals surface area (Å²) in [5.41, 5.74) is 0. The molecule has 0 fully saturated rings. The van der Waals surface area contributed by atoms with E-state index >= 15 is 0 Å². The first-order valence-electron chi connectivity index (χ1n) is 27.5. The predicted molar refractivity (Wildman–Crippen MR) is 288 cm³/mol. The van der Waals surface area contributed by atoms with E-state index in [2.05, 4.69) is 106 Å². The first-order chi connectivity index (χ1) is 34.2. The summed E-state index contributed by atoms with van der Waals surface area (Å²) in [6, 6.07) is 0. The Balaban J connectivity index is 4.79. The highest BCUT2D eigenvalue weighted by atomic mass is 31.2. The number of rotatable bonds is 50. The van der Waals surface area contributed by atoms with E-state index in [0.717, 1.165) is 122 Å². The highest BCUT2D eigenvalue weighted by Crippen LogP contribution is 2.43. The van der Waals surface area contributed by atoms with Crippen LogP contribution in [0.2, 0.25) is 0 Å². The quantitative estimate of drug-likeness (QED) is 0.0197. The van der Waals surface area contributed by atoms with Gasteiger partial charge in [-0.15, -0.1) is 0 Å². The number of aliphatic hydroxyl groups excluding tert-OH is 1. The average molecular weight is 1000 g/mol. The number of hydrogen-bond donors (Lipinski definition) is 2. The zero-order chi connectivity index (χ0) is 51.3. The van der Waals surface area contributed by atoms with Gasteiger partial charge in [0.1, 0.15) is 12.7 Å². The van der Waals surface area contributed by atoms with Gasteiger partial charge in [-0.2, -0.15) is 0 Å². The summed E-state index contributed by atoms with van der Waals surface area (Å²) in [4.78, 5) is 48.4. The summed E-state index contributed by atoms with van der Waals surface area (Å²) in [7, 11) is -4.75. The van der Waals surface area contributed by atoms with E-state index in [4.69, 9.17) is 23.3 Å². The first kappa shape index (κ1) is 66.7. The van der Waals surface area contributed by atoms with Gasteiger partial charge in [0.2, 0.25) is 0 Å². The van der Waals surface area contributed by atoms with Crippen molar-refractivity contribution in [3.05, 3.63) is 85.1 Å². The number of carbonyl (C=O) groups excluding carboxylic acids is 3. The Hall–Kier alpha value is -3.34. The second kappa shape index (κ2) is 52.0. The lowest BCUT2D eigenvalue weighted by atomic mass is 10.1. The van der Waals surface area contributed by atoms with Crippen LogP contribution in [0.15, 0.2) is 85.1 Å². The lowest BCUT2D eigenvalue weighted by Gasteiger charge is -2.21. The maximum absolute atomic E-state index is 12.9.